The van der Waals surface area contributed by atoms with E-state index in [2.05, 4.69) is 54.9 Å². The van der Waals surface area contributed by atoms with Crippen LogP contribution in [0.4, 0.5) is 0 Å². The van der Waals surface area contributed by atoms with Gasteiger partial charge in [-0.15, -0.1) is 0 Å². The average Bonchev–Trinajstić information content (AvgIpc) is 2.67. The summed E-state index contributed by atoms with van der Waals surface area (Å²) in [4.78, 5) is 0. The molecule has 2 N–H and O–H groups in total. The number of para-hydroxylation sites is 1. The molecule has 0 spiro atoms. The molecule has 0 radical (unpaired) electrons. The number of rotatable bonds is 3. The van der Waals surface area contributed by atoms with E-state index in [4.69, 9.17) is 5.73 Å². The maximum absolute atomic E-state index is 5.63. The summed E-state index contributed by atoms with van der Waals surface area (Å²) in [7, 11) is 0. The van der Waals surface area contributed by atoms with Gasteiger partial charge in [0, 0.05) is 18.3 Å². The van der Waals surface area contributed by atoms with Crippen molar-refractivity contribution in [2.45, 2.75) is 20.3 Å². The van der Waals surface area contributed by atoms with Crippen LogP contribution in [-0.2, 0) is 6.42 Å². The Hall–Kier alpha value is -1.54. The summed E-state index contributed by atoms with van der Waals surface area (Å²) in [6.07, 6.45) is 3.03. The maximum Gasteiger partial charge on any atom is 0.0510 e. The van der Waals surface area contributed by atoms with Crippen molar-refractivity contribution < 1.29 is 0 Å². The van der Waals surface area contributed by atoms with E-state index in [1.165, 1.54) is 22.5 Å². The standard InChI is InChI=1S/C14H18N2/c1-11-5-3-6-12(2)14(11)16-10-4-7-13(16)8-9-15/h3-7,10H,8-9,15H2,1-2H3. The predicted octanol–water partition coefficient (Wildman–Crippen LogP) is 2.60. The van der Waals surface area contributed by atoms with Crippen molar-refractivity contribution in [3.63, 3.8) is 0 Å². The number of nitrogens with two attached hydrogens (primary N) is 1. The van der Waals surface area contributed by atoms with E-state index in [1.807, 2.05) is 0 Å². The molecule has 2 rings (SSSR count). The summed E-state index contributed by atoms with van der Waals surface area (Å²) in [5.74, 6) is 0. The first-order chi connectivity index (χ1) is 7.74. The summed E-state index contributed by atoms with van der Waals surface area (Å²) in [5, 5.41) is 0. The summed E-state index contributed by atoms with van der Waals surface area (Å²) in [6.45, 7) is 4.98. The fourth-order valence-corrected chi connectivity index (χ4v) is 2.17. The Labute approximate surface area is 96.7 Å². The highest BCUT2D eigenvalue weighted by Crippen LogP contribution is 2.21. The number of hydrogen-bond donors (Lipinski definition) is 1. The van der Waals surface area contributed by atoms with Crippen LogP contribution >= 0.6 is 0 Å². The van der Waals surface area contributed by atoms with Crippen molar-refractivity contribution >= 4 is 0 Å². The van der Waals surface area contributed by atoms with Gasteiger partial charge in [-0.3, -0.25) is 0 Å². The molecular formula is C14H18N2. The maximum atomic E-state index is 5.63. The van der Waals surface area contributed by atoms with E-state index in [9.17, 15) is 0 Å². The largest absolute Gasteiger partial charge is 0.330 e. The quantitative estimate of drug-likeness (QED) is 0.836. The summed E-state index contributed by atoms with van der Waals surface area (Å²) >= 11 is 0. The fourth-order valence-electron chi connectivity index (χ4n) is 2.17. The Bertz CT molecular complexity index is 463. The molecule has 2 aromatic rings. The molecule has 0 atom stereocenters. The lowest BCUT2D eigenvalue weighted by Crippen LogP contribution is -2.09. The molecule has 2 nitrogen and oxygen atoms in total. The van der Waals surface area contributed by atoms with Gasteiger partial charge in [0.15, 0.2) is 0 Å². The van der Waals surface area contributed by atoms with Crippen molar-refractivity contribution in [3.05, 3.63) is 53.3 Å². The molecule has 1 aromatic heterocycles. The Balaban J connectivity index is 2.54. The van der Waals surface area contributed by atoms with Crippen LogP contribution in [0.5, 0.6) is 0 Å². The lowest BCUT2D eigenvalue weighted by Gasteiger charge is -2.14. The molecular weight excluding hydrogens is 196 g/mol. The zero-order chi connectivity index (χ0) is 11.5. The van der Waals surface area contributed by atoms with Gasteiger partial charge < -0.3 is 10.3 Å². The Morgan fingerprint density at radius 1 is 1.06 bits per heavy atom. The Morgan fingerprint density at radius 3 is 2.38 bits per heavy atom. The van der Waals surface area contributed by atoms with E-state index in [0.717, 1.165) is 6.42 Å². The third-order valence-electron chi connectivity index (χ3n) is 2.91. The van der Waals surface area contributed by atoms with Gasteiger partial charge in [-0.1, -0.05) is 18.2 Å². The number of aryl methyl sites for hydroxylation is 2. The van der Waals surface area contributed by atoms with Gasteiger partial charge in [-0.25, -0.2) is 0 Å². The van der Waals surface area contributed by atoms with Gasteiger partial charge in [0.2, 0.25) is 0 Å². The topological polar surface area (TPSA) is 30.9 Å². The third-order valence-corrected chi connectivity index (χ3v) is 2.91. The zero-order valence-electron chi connectivity index (χ0n) is 9.90. The number of benzene rings is 1. The van der Waals surface area contributed by atoms with Crippen LogP contribution in [-0.4, -0.2) is 11.1 Å². The molecule has 1 aromatic carbocycles. The van der Waals surface area contributed by atoms with Crippen molar-refractivity contribution in [1.29, 1.82) is 0 Å². The van der Waals surface area contributed by atoms with Gasteiger partial charge in [-0.2, -0.15) is 0 Å². The molecule has 16 heavy (non-hydrogen) atoms. The highest BCUT2D eigenvalue weighted by Gasteiger charge is 2.07. The third kappa shape index (κ3) is 1.89. The minimum absolute atomic E-state index is 0.689. The molecule has 0 unspecified atom stereocenters. The molecule has 1 heterocycles. The van der Waals surface area contributed by atoms with Gasteiger partial charge in [0.05, 0.1) is 5.69 Å². The van der Waals surface area contributed by atoms with Gasteiger partial charge in [0.25, 0.3) is 0 Å². The van der Waals surface area contributed by atoms with E-state index < -0.39 is 0 Å². The monoisotopic (exact) mass is 214 g/mol. The van der Waals surface area contributed by atoms with Gasteiger partial charge in [-0.05, 0) is 43.7 Å². The first-order valence-electron chi connectivity index (χ1n) is 5.67. The van der Waals surface area contributed by atoms with E-state index in [-0.39, 0.29) is 0 Å². The van der Waals surface area contributed by atoms with Crippen LogP contribution in [0.2, 0.25) is 0 Å². The summed E-state index contributed by atoms with van der Waals surface area (Å²) < 4.78 is 2.25. The van der Waals surface area contributed by atoms with E-state index >= 15 is 0 Å². The van der Waals surface area contributed by atoms with Crippen LogP contribution in [0, 0.1) is 13.8 Å². The number of aromatic nitrogens is 1. The van der Waals surface area contributed by atoms with Crippen LogP contribution in [0.1, 0.15) is 16.8 Å². The Morgan fingerprint density at radius 2 is 1.75 bits per heavy atom. The predicted molar refractivity (Wildman–Crippen MR) is 68.0 cm³/mol. The fraction of sp³-hybridized carbons (Fsp3) is 0.286. The Kier molecular flexibility index (Phi) is 3.11. The number of nitrogens with zero attached hydrogens (tertiary/aromatic N) is 1. The highest BCUT2D eigenvalue weighted by molar-refractivity contribution is 5.48. The summed E-state index contributed by atoms with van der Waals surface area (Å²) in [5.41, 5.74) is 10.8. The molecule has 0 amide bonds. The van der Waals surface area contributed by atoms with Gasteiger partial charge in [0.1, 0.15) is 0 Å². The van der Waals surface area contributed by atoms with Gasteiger partial charge >= 0.3 is 0 Å². The summed E-state index contributed by atoms with van der Waals surface area (Å²) in [6, 6.07) is 10.6. The molecule has 0 aliphatic rings. The zero-order valence-corrected chi connectivity index (χ0v) is 9.90. The van der Waals surface area contributed by atoms with Crippen molar-refractivity contribution in [2.24, 2.45) is 5.73 Å². The minimum atomic E-state index is 0.689. The molecule has 0 saturated carbocycles. The second-order valence-electron chi connectivity index (χ2n) is 4.15. The SMILES string of the molecule is Cc1cccc(C)c1-n1cccc1CCN. The first kappa shape index (κ1) is 11.0. The van der Waals surface area contributed by atoms with E-state index in [0.29, 0.717) is 6.54 Å². The first-order valence-corrected chi connectivity index (χ1v) is 5.67. The smallest absolute Gasteiger partial charge is 0.0510 e. The lowest BCUT2D eigenvalue weighted by atomic mass is 10.1. The molecule has 0 aliphatic heterocycles. The van der Waals surface area contributed by atoms with Crippen LogP contribution in [0.3, 0.4) is 0 Å². The van der Waals surface area contributed by atoms with E-state index in [1.54, 1.807) is 0 Å². The molecule has 0 saturated heterocycles. The molecule has 0 bridgehead atoms. The van der Waals surface area contributed by atoms with Crippen molar-refractivity contribution in [1.82, 2.24) is 4.57 Å². The van der Waals surface area contributed by atoms with Crippen LogP contribution < -0.4 is 5.73 Å². The highest BCUT2D eigenvalue weighted by atomic mass is 15.0. The molecule has 0 aliphatic carbocycles. The molecule has 2 heteroatoms. The minimum Gasteiger partial charge on any atom is -0.330 e. The van der Waals surface area contributed by atoms with Crippen molar-refractivity contribution in [2.75, 3.05) is 6.54 Å². The normalized spacial score (nSPS) is 10.7. The lowest BCUT2D eigenvalue weighted by molar-refractivity contribution is 0.866. The van der Waals surface area contributed by atoms with Crippen LogP contribution in [0.25, 0.3) is 5.69 Å². The van der Waals surface area contributed by atoms with Crippen molar-refractivity contribution in [3.8, 4) is 5.69 Å². The molecule has 0 fully saturated rings. The second-order valence-corrected chi connectivity index (χ2v) is 4.15. The number of hydrogen-bond acceptors (Lipinski definition) is 1. The molecule has 84 valence electrons. The second kappa shape index (κ2) is 4.54. The van der Waals surface area contributed by atoms with Crippen LogP contribution in [0.15, 0.2) is 36.5 Å². The average molecular weight is 214 g/mol.